The number of pyridine rings is 1. The van der Waals surface area contributed by atoms with Gasteiger partial charge in [0, 0.05) is 22.6 Å². The number of ether oxygens (including phenoxy) is 1. The zero-order valence-electron chi connectivity index (χ0n) is 18.2. The van der Waals surface area contributed by atoms with Crippen LogP contribution in [-0.4, -0.2) is 33.9 Å². The predicted octanol–water partition coefficient (Wildman–Crippen LogP) is 4.03. The molecule has 0 amide bonds. The van der Waals surface area contributed by atoms with Gasteiger partial charge in [-0.1, -0.05) is 24.3 Å². The van der Waals surface area contributed by atoms with Crippen LogP contribution in [0.3, 0.4) is 0 Å². The molecular formula is C26H21NO6. The fourth-order valence-electron chi connectivity index (χ4n) is 4.02. The van der Waals surface area contributed by atoms with E-state index in [1.165, 1.54) is 24.3 Å². The summed E-state index contributed by atoms with van der Waals surface area (Å²) in [5.74, 6) is -0.674. The Morgan fingerprint density at radius 1 is 0.788 bits per heavy atom. The van der Waals surface area contributed by atoms with E-state index >= 15 is 0 Å². The zero-order valence-corrected chi connectivity index (χ0v) is 18.2. The highest BCUT2D eigenvalue weighted by Crippen LogP contribution is 2.36. The quantitative estimate of drug-likeness (QED) is 0.360. The van der Waals surface area contributed by atoms with Gasteiger partial charge in [-0.25, -0.2) is 0 Å². The topological polar surface area (TPSA) is 117 Å². The number of carbonyl (C=O) groups is 2. The van der Waals surface area contributed by atoms with Gasteiger partial charge in [-0.3, -0.25) is 14.4 Å². The van der Waals surface area contributed by atoms with Crippen molar-refractivity contribution in [3.05, 3.63) is 98.3 Å². The number of ketones is 2. The standard InChI is InChI=1S/C15H10O4.C11H11NO2/c1-7-5-9-13(11(17)6-7)15(19)12-8(14(9)18)3-2-4-10(12)16;1-7-6-10(13)12-11-8(7)4-3-5-9(11)14-2/h2-6,16-17H,1H3;3-6H,1-2H3,(H,12,13). The Kier molecular flexibility index (Phi) is 5.47. The van der Waals surface area contributed by atoms with Gasteiger partial charge in [-0.05, 0) is 49.2 Å². The normalized spacial score (nSPS) is 12.0. The lowest BCUT2D eigenvalue weighted by molar-refractivity contribution is 0.0974. The fourth-order valence-corrected chi connectivity index (χ4v) is 4.02. The maximum atomic E-state index is 12.3. The van der Waals surface area contributed by atoms with Gasteiger partial charge in [0.2, 0.25) is 11.3 Å². The molecule has 0 radical (unpaired) electrons. The molecule has 0 unspecified atom stereocenters. The molecule has 0 bridgehead atoms. The summed E-state index contributed by atoms with van der Waals surface area (Å²) in [6.07, 6.45) is 0. The van der Waals surface area contributed by atoms with E-state index in [0.29, 0.717) is 11.3 Å². The highest BCUT2D eigenvalue weighted by atomic mass is 16.5. The zero-order chi connectivity index (χ0) is 23.9. The number of fused-ring (bicyclic) bond motifs is 3. The number of hydrogen-bond donors (Lipinski definition) is 3. The average molecular weight is 443 g/mol. The van der Waals surface area contributed by atoms with Crippen molar-refractivity contribution in [1.29, 1.82) is 0 Å². The summed E-state index contributed by atoms with van der Waals surface area (Å²) < 4.78 is 5.17. The number of aromatic amines is 1. The van der Waals surface area contributed by atoms with E-state index in [0.717, 1.165) is 16.5 Å². The van der Waals surface area contributed by atoms with Crippen molar-refractivity contribution in [1.82, 2.24) is 4.98 Å². The highest BCUT2D eigenvalue weighted by Gasteiger charge is 2.34. The number of rotatable bonds is 1. The van der Waals surface area contributed by atoms with Crippen LogP contribution in [0.15, 0.2) is 59.4 Å². The van der Waals surface area contributed by atoms with E-state index in [-0.39, 0.29) is 45.1 Å². The van der Waals surface area contributed by atoms with Gasteiger partial charge in [-0.15, -0.1) is 0 Å². The Labute approximate surface area is 188 Å². The van der Waals surface area contributed by atoms with Crippen LogP contribution in [0, 0.1) is 13.8 Å². The number of aromatic hydroxyl groups is 2. The van der Waals surface area contributed by atoms with Crippen LogP contribution in [0.5, 0.6) is 17.2 Å². The summed E-state index contributed by atoms with van der Waals surface area (Å²) in [5, 5.41) is 20.7. The van der Waals surface area contributed by atoms with Gasteiger partial charge in [0.15, 0.2) is 5.78 Å². The van der Waals surface area contributed by atoms with Crippen LogP contribution in [0.2, 0.25) is 0 Å². The van der Waals surface area contributed by atoms with Gasteiger partial charge < -0.3 is 19.9 Å². The molecule has 7 nitrogen and oxygen atoms in total. The lowest BCUT2D eigenvalue weighted by Crippen LogP contribution is -2.21. The Morgan fingerprint density at radius 2 is 1.48 bits per heavy atom. The first-order valence-corrected chi connectivity index (χ1v) is 10.1. The van der Waals surface area contributed by atoms with Gasteiger partial charge in [0.25, 0.3) is 0 Å². The van der Waals surface area contributed by atoms with E-state index in [9.17, 15) is 24.6 Å². The number of aromatic nitrogens is 1. The van der Waals surface area contributed by atoms with E-state index < -0.39 is 5.78 Å². The molecule has 0 aliphatic heterocycles. The minimum absolute atomic E-state index is 0.0374. The predicted molar refractivity (Wildman–Crippen MR) is 124 cm³/mol. The first-order valence-electron chi connectivity index (χ1n) is 10.1. The van der Waals surface area contributed by atoms with E-state index in [1.54, 1.807) is 26.2 Å². The average Bonchev–Trinajstić information content (AvgIpc) is 2.77. The molecule has 1 aliphatic rings. The molecule has 0 saturated carbocycles. The van der Waals surface area contributed by atoms with Crippen LogP contribution in [-0.2, 0) is 0 Å². The van der Waals surface area contributed by atoms with Gasteiger partial charge in [0.05, 0.1) is 23.8 Å². The number of carbonyl (C=O) groups excluding carboxylic acids is 2. The number of aryl methyl sites for hydroxylation is 2. The number of para-hydroxylation sites is 1. The van der Waals surface area contributed by atoms with Crippen molar-refractivity contribution in [3.8, 4) is 17.2 Å². The number of hydrogen-bond acceptors (Lipinski definition) is 6. The smallest absolute Gasteiger partial charge is 0.248 e. The number of nitrogens with one attached hydrogen (secondary N) is 1. The molecule has 0 fully saturated rings. The van der Waals surface area contributed by atoms with Crippen molar-refractivity contribution in [2.75, 3.05) is 7.11 Å². The summed E-state index contributed by atoms with van der Waals surface area (Å²) in [7, 11) is 1.59. The molecule has 3 N–H and O–H groups in total. The lowest BCUT2D eigenvalue weighted by atomic mass is 9.82. The molecule has 7 heteroatoms. The molecule has 1 aliphatic carbocycles. The van der Waals surface area contributed by atoms with Crippen molar-refractivity contribution >= 4 is 22.5 Å². The third-order valence-corrected chi connectivity index (χ3v) is 5.51. The van der Waals surface area contributed by atoms with Crippen molar-refractivity contribution in [2.24, 2.45) is 0 Å². The van der Waals surface area contributed by atoms with E-state index in [4.69, 9.17) is 4.74 Å². The molecule has 4 aromatic rings. The molecule has 1 heterocycles. The lowest BCUT2D eigenvalue weighted by Gasteiger charge is -2.19. The van der Waals surface area contributed by atoms with Gasteiger partial charge in [0.1, 0.15) is 17.2 Å². The van der Waals surface area contributed by atoms with E-state index in [2.05, 4.69) is 4.98 Å². The van der Waals surface area contributed by atoms with Crippen LogP contribution in [0.4, 0.5) is 0 Å². The molecule has 0 atom stereocenters. The third kappa shape index (κ3) is 3.74. The second-order valence-corrected chi connectivity index (χ2v) is 7.76. The maximum Gasteiger partial charge on any atom is 0.248 e. The summed E-state index contributed by atoms with van der Waals surface area (Å²) in [6.45, 7) is 3.65. The maximum absolute atomic E-state index is 12.3. The number of H-pyrrole nitrogens is 1. The molecule has 1 aromatic heterocycles. The summed E-state index contributed by atoms with van der Waals surface area (Å²) >= 11 is 0. The Morgan fingerprint density at radius 3 is 2.21 bits per heavy atom. The van der Waals surface area contributed by atoms with Crippen LogP contribution in [0.1, 0.15) is 43.0 Å². The Hall–Kier alpha value is -4.39. The van der Waals surface area contributed by atoms with Crippen molar-refractivity contribution in [3.63, 3.8) is 0 Å². The summed E-state index contributed by atoms with van der Waals surface area (Å²) in [5.41, 5.74) is 2.59. The number of benzene rings is 3. The van der Waals surface area contributed by atoms with Crippen LogP contribution < -0.4 is 10.3 Å². The number of phenols is 2. The molecule has 0 spiro atoms. The Bertz CT molecular complexity index is 1500. The minimum atomic E-state index is -0.528. The van der Waals surface area contributed by atoms with Gasteiger partial charge >= 0.3 is 0 Å². The van der Waals surface area contributed by atoms with E-state index in [1.807, 2.05) is 25.1 Å². The van der Waals surface area contributed by atoms with Crippen molar-refractivity contribution in [2.45, 2.75) is 13.8 Å². The summed E-state index contributed by atoms with van der Waals surface area (Å²) in [4.78, 5) is 38.7. The van der Waals surface area contributed by atoms with Crippen molar-refractivity contribution < 1.29 is 24.5 Å². The Balaban J connectivity index is 0.000000165. The second kappa shape index (κ2) is 8.27. The first-order chi connectivity index (χ1) is 15.7. The molecular weight excluding hydrogens is 422 g/mol. The number of methoxy groups -OCH3 is 1. The van der Waals surface area contributed by atoms with Crippen LogP contribution >= 0.6 is 0 Å². The molecule has 166 valence electrons. The fraction of sp³-hybridized carbons (Fsp3) is 0.115. The third-order valence-electron chi connectivity index (χ3n) is 5.51. The number of phenolic OH excluding ortho intramolecular Hbond substituents is 2. The molecule has 5 rings (SSSR count). The molecule has 0 saturated heterocycles. The van der Waals surface area contributed by atoms with Crippen LogP contribution in [0.25, 0.3) is 10.9 Å². The molecule has 33 heavy (non-hydrogen) atoms. The minimum Gasteiger partial charge on any atom is -0.507 e. The highest BCUT2D eigenvalue weighted by molar-refractivity contribution is 6.30. The second-order valence-electron chi connectivity index (χ2n) is 7.76. The SMILES string of the molecule is COc1cccc2c(C)cc(=O)[nH]c12.Cc1cc(O)c2c(c1)C(=O)c1cccc(O)c1C2=O. The monoisotopic (exact) mass is 443 g/mol. The first kappa shape index (κ1) is 21.8. The molecule has 3 aromatic carbocycles. The van der Waals surface area contributed by atoms with Gasteiger partial charge in [-0.2, -0.15) is 0 Å². The largest absolute Gasteiger partial charge is 0.507 e. The summed E-state index contributed by atoms with van der Waals surface area (Å²) in [6, 6.07) is 14.6.